The number of halogens is 1. The summed E-state index contributed by atoms with van der Waals surface area (Å²) in [5, 5.41) is 1.10. The second-order valence-electron chi connectivity index (χ2n) is 8.10. The lowest BCUT2D eigenvalue weighted by atomic mass is 10.2. The Morgan fingerprint density at radius 3 is 2.50 bits per heavy atom. The zero-order valence-electron chi connectivity index (χ0n) is 17.5. The van der Waals surface area contributed by atoms with E-state index in [-0.39, 0.29) is 11.7 Å². The van der Waals surface area contributed by atoms with Gasteiger partial charge in [-0.05, 0) is 56.2 Å². The van der Waals surface area contributed by atoms with Gasteiger partial charge in [-0.1, -0.05) is 23.7 Å². The van der Waals surface area contributed by atoms with E-state index >= 15 is 0 Å². The van der Waals surface area contributed by atoms with E-state index < -0.39 is 0 Å². The van der Waals surface area contributed by atoms with Gasteiger partial charge >= 0.3 is 0 Å². The summed E-state index contributed by atoms with van der Waals surface area (Å²) in [4.78, 5) is 28.3. The third kappa shape index (κ3) is 3.00. The molecule has 1 atom stereocenters. The van der Waals surface area contributed by atoms with Gasteiger partial charge in [-0.15, -0.1) is 0 Å². The van der Waals surface area contributed by atoms with Crippen LogP contribution in [-0.2, 0) is 11.3 Å². The largest absolute Gasteiger partial charge is 0.376 e. The summed E-state index contributed by atoms with van der Waals surface area (Å²) >= 11 is 6.12. The molecule has 160 valence electrons. The van der Waals surface area contributed by atoms with Crippen LogP contribution in [0.4, 0.5) is 0 Å². The smallest absolute Gasteiger partial charge is 0.265 e. The van der Waals surface area contributed by atoms with Gasteiger partial charge < -0.3 is 4.74 Å². The van der Waals surface area contributed by atoms with E-state index in [2.05, 4.69) is 0 Å². The summed E-state index contributed by atoms with van der Waals surface area (Å²) in [6.07, 6.45) is 1.99. The Kier molecular flexibility index (Phi) is 4.48. The molecule has 0 saturated carbocycles. The Hall–Kier alpha value is -3.29. The third-order valence-corrected chi connectivity index (χ3v) is 6.30. The SMILES string of the molecule is Cc1nc2c(c(=O)n1C[C@@H]1CCCO1)c1nc3ccccc3nc1n2-c1ccc(Cl)cc1. The quantitative estimate of drug-likeness (QED) is 0.411. The highest BCUT2D eigenvalue weighted by Gasteiger charge is 2.24. The number of ether oxygens (including phenoxy) is 1. The third-order valence-electron chi connectivity index (χ3n) is 6.05. The molecule has 7 nitrogen and oxygen atoms in total. The molecule has 0 unspecified atom stereocenters. The van der Waals surface area contributed by atoms with Crippen LogP contribution >= 0.6 is 11.6 Å². The molecule has 4 heterocycles. The molecule has 1 aliphatic heterocycles. The predicted octanol–water partition coefficient (Wildman–Crippen LogP) is 4.42. The maximum Gasteiger partial charge on any atom is 0.265 e. The molecule has 2 aromatic carbocycles. The Labute approximate surface area is 188 Å². The van der Waals surface area contributed by atoms with Crippen LogP contribution in [-0.4, -0.2) is 36.8 Å². The molecule has 6 rings (SSSR count). The zero-order chi connectivity index (χ0) is 21.8. The Balaban J connectivity index is 1.71. The molecule has 0 spiro atoms. The fourth-order valence-corrected chi connectivity index (χ4v) is 4.60. The molecule has 0 radical (unpaired) electrons. The fraction of sp³-hybridized carbons (Fsp3) is 0.250. The summed E-state index contributed by atoms with van der Waals surface area (Å²) in [6, 6.07) is 15.1. The maximum absolute atomic E-state index is 13.8. The van der Waals surface area contributed by atoms with Crippen LogP contribution in [0.25, 0.3) is 38.9 Å². The fourth-order valence-electron chi connectivity index (χ4n) is 4.47. The molecule has 1 saturated heterocycles. The van der Waals surface area contributed by atoms with Crippen molar-refractivity contribution in [1.82, 2.24) is 24.1 Å². The topological polar surface area (TPSA) is 74.8 Å². The Morgan fingerprint density at radius 2 is 1.78 bits per heavy atom. The minimum Gasteiger partial charge on any atom is -0.376 e. The first-order valence-corrected chi connectivity index (χ1v) is 11.0. The summed E-state index contributed by atoms with van der Waals surface area (Å²) in [5.41, 5.74) is 3.89. The van der Waals surface area contributed by atoms with Crippen LogP contribution in [0.15, 0.2) is 53.3 Å². The van der Waals surface area contributed by atoms with Crippen molar-refractivity contribution < 1.29 is 4.74 Å². The summed E-state index contributed by atoms with van der Waals surface area (Å²) in [5.74, 6) is 0.639. The number of para-hydroxylation sites is 2. The molecule has 1 fully saturated rings. The molecule has 1 aliphatic rings. The molecule has 0 aliphatic carbocycles. The van der Waals surface area contributed by atoms with Crippen molar-refractivity contribution >= 4 is 44.8 Å². The van der Waals surface area contributed by atoms with Crippen molar-refractivity contribution in [3.05, 3.63) is 69.7 Å². The molecular weight excluding hydrogens is 426 g/mol. The zero-order valence-corrected chi connectivity index (χ0v) is 18.2. The van der Waals surface area contributed by atoms with Gasteiger partial charge in [0, 0.05) is 17.3 Å². The van der Waals surface area contributed by atoms with Crippen molar-refractivity contribution in [2.75, 3.05) is 6.61 Å². The maximum atomic E-state index is 13.8. The highest BCUT2D eigenvalue weighted by Crippen LogP contribution is 2.29. The molecule has 0 N–H and O–H groups in total. The van der Waals surface area contributed by atoms with E-state index in [9.17, 15) is 4.79 Å². The number of fused-ring (bicyclic) bond motifs is 4. The van der Waals surface area contributed by atoms with Crippen LogP contribution in [0, 0.1) is 6.92 Å². The first-order valence-electron chi connectivity index (χ1n) is 10.7. The molecule has 0 bridgehead atoms. The number of hydrogen-bond acceptors (Lipinski definition) is 5. The molecule has 3 aromatic heterocycles. The highest BCUT2D eigenvalue weighted by molar-refractivity contribution is 6.30. The first-order chi connectivity index (χ1) is 15.6. The summed E-state index contributed by atoms with van der Waals surface area (Å²) < 4.78 is 9.38. The number of aromatic nitrogens is 5. The molecule has 0 amide bonds. The second-order valence-corrected chi connectivity index (χ2v) is 8.54. The Morgan fingerprint density at radius 1 is 1.03 bits per heavy atom. The molecule has 5 aromatic rings. The van der Waals surface area contributed by atoms with Crippen LogP contribution in [0.1, 0.15) is 18.7 Å². The van der Waals surface area contributed by atoms with Gasteiger partial charge in [0.05, 0.1) is 23.7 Å². The van der Waals surface area contributed by atoms with E-state index in [4.69, 9.17) is 31.3 Å². The number of aryl methyl sites for hydroxylation is 1. The summed E-state index contributed by atoms with van der Waals surface area (Å²) in [7, 11) is 0. The van der Waals surface area contributed by atoms with E-state index in [1.54, 1.807) is 4.57 Å². The van der Waals surface area contributed by atoms with E-state index in [0.29, 0.717) is 39.6 Å². The normalized spacial score (nSPS) is 16.5. The van der Waals surface area contributed by atoms with Gasteiger partial charge in [-0.25, -0.2) is 15.0 Å². The number of benzene rings is 2. The average Bonchev–Trinajstić information content (AvgIpc) is 3.41. The van der Waals surface area contributed by atoms with Gasteiger partial charge in [0.15, 0.2) is 11.3 Å². The van der Waals surface area contributed by atoms with Crippen molar-refractivity contribution in [2.24, 2.45) is 0 Å². The minimum absolute atomic E-state index is 0.0298. The van der Waals surface area contributed by atoms with Crippen molar-refractivity contribution in [3.63, 3.8) is 0 Å². The number of hydrogen-bond donors (Lipinski definition) is 0. The van der Waals surface area contributed by atoms with E-state index in [1.807, 2.05) is 60.0 Å². The molecular formula is C24H20ClN5O2. The molecule has 8 heteroatoms. The van der Waals surface area contributed by atoms with Crippen molar-refractivity contribution in [1.29, 1.82) is 0 Å². The van der Waals surface area contributed by atoms with Crippen LogP contribution < -0.4 is 5.56 Å². The second kappa shape index (κ2) is 7.39. The predicted molar refractivity (Wildman–Crippen MR) is 125 cm³/mol. The lowest BCUT2D eigenvalue weighted by Crippen LogP contribution is -2.29. The van der Waals surface area contributed by atoms with Gasteiger partial charge in [0.2, 0.25) is 0 Å². The van der Waals surface area contributed by atoms with E-state index in [0.717, 1.165) is 36.2 Å². The average molecular weight is 446 g/mol. The van der Waals surface area contributed by atoms with Gasteiger partial charge in [-0.3, -0.25) is 13.9 Å². The lowest BCUT2D eigenvalue weighted by Gasteiger charge is -2.14. The monoisotopic (exact) mass is 445 g/mol. The summed E-state index contributed by atoms with van der Waals surface area (Å²) in [6.45, 7) is 3.08. The van der Waals surface area contributed by atoms with E-state index in [1.165, 1.54) is 0 Å². The highest BCUT2D eigenvalue weighted by atomic mass is 35.5. The van der Waals surface area contributed by atoms with Crippen molar-refractivity contribution in [2.45, 2.75) is 32.4 Å². The number of nitrogens with zero attached hydrogens (tertiary/aromatic N) is 5. The van der Waals surface area contributed by atoms with Crippen LogP contribution in [0.2, 0.25) is 5.02 Å². The standard InChI is InChI=1S/C24H20ClN5O2/c1-14-26-22-20(24(31)29(14)13-17-5-4-12-32-17)21-23(28-19-7-3-2-6-18(19)27-21)30(22)16-10-8-15(25)9-11-16/h2-3,6-11,17H,4-5,12-13H2,1H3/t17-/m0/s1. The van der Waals surface area contributed by atoms with Crippen LogP contribution in [0.3, 0.4) is 0 Å². The van der Waals surface area contributed by atoms with Gasteiger partial charge in [0.25, 0.3) is 5.56 Å². The minimum atomic E-state index is -0.120. The van der Waals surface area contributed by atoms with Gasteiger partial charge in [0.1, 0.15) is 16.7 Å². The first kappa shape index (κ1) is 19.4. The number of rotatable bonds is 3. The lowest BCUT2D eigenvalue weighted by molar-refractivity contribution is 0.0955. The van der Waals surface area contributed by atoms with Crippen LogP contribution in [0.5, 0.6) is 0 Å². The van der Waals surface area contributed by atoms with Gasteiger partial charge in [-0.2, -0.15) is 0 Å². The molecule has 32 heavy (non-hydrogen) atoms. The van der Waals surface area contributed by atoms with Crippen molar-refractivity contribution in [3.8, 4) is 5.69 Å². The Bertz CT molecular complexity index is 1550.